The van der Waals surface area contributed by atoms with Gasteiger partial charge in [0, 0.05) is 6.20 Å². The minimum Gasteiger partial charge on any atom is -0.232 e. The maximum atomic E-state index is 10.8. The van der Waals surface area contributed by atoms with E-state index in [-0.39, 0.29) is 0 Å². The molecule has 0 aromatic rings. The highest BCUT2D eigenvalue weighted by molar-refractivity contribution is 4.73. The van der Waals surface area contributed by atoms with Crippen molar-refractivity contribution in [1.29, 1.82) is 0 Å². The predicted molar refractivity (Wildman–Crippen MR) is 23.7 cm³/mol. The molecule has 0 saturated heterocycles. The summed E-state index contributed by atoms with van der Waals surface area (Å²) in [5, 5.41) is 0. The van der Waals surface area contributed by atoms with Crippen LogP contribution in [0, 0.1) is 0 Å². The van der Waals surface area contributed by atoms with Gasteiger partial charge in [-0.2, -0.15) is 0 Å². The Hall–Kier alpha value is -0.530. The van der Waals surface area contributed by atoms with E-state index in [0.29, 0.717) is 0 Å². The van der Waals surface area contributed by atoms with Crippen LogP contribution in [-0.4, -0.2) is 0 Å². The molecule has 0 aliphatic rings. The third kappa shape index (κ3) is 3.47. The average molecular weight is 89.1 g/mol. The lowest BCUT2D eigenvalue weighted by Gasteiger charge is -1.74. The average Bonchev–Trinajstić information content (AvgIpc) is 1.61. The van der Waals surface area contributed by atoms with Gasteiger partial charge in [-0.3, -0.25) is 0 Å². The molecule has 6 heavy (non-hydrogen) atoms. The van der Waals surface area contributed by atoms with Crippen LogP contribution >= 0.6 is 0 Å². The van der Waals surface area contributed by atoms with Gasteiger partial charge in [-0.1, -0.05) is 13.0 Å². The molecule has 1 N–H and O–H groups in total. The fourth-order valence-corrected chi connectivity index (χ4v) is 0.162. The number of nitrogens with one attached hydrogen (secondary N) is 1. The molecule has 0 aliphatic heterocycles. The minimum atomic E-state index is 0.872. The van der Waals surface area contributed by atoms with Crippen LogP contribution in [0.3, 0.4) is 0 Å². The van der Waals surface area contributed by atoms with Gasteiger partial charge >= 0.3 is 0 Å². The third-order valence-electron chi connectivity index (χ3n) is 0.417. The zero-order valence-corrected chi connectivity index (χ0v) is 3.74. The molecular formula is C4H8FN. The first-order chi connectivity index (χ1) is 2.91. The van der Waals surface area contributed by atoms with Crippen LogP contribution in [0.2, 0.25) is 0 Å². The lowest BCUT2D eigenvalue weighted by molar-refractivity contribution is 0.406. The van der Waals surface area contributed by atoms with Gasteiger partial charge in [0.05, 0.1) is 0 Å². The Kier molecular flexibility index (Phi) is 4.08. The van der Waals surface area contributed by atoms with Crippen molar-refractivity contribution >= 4 is 0 Å². The summed E-state index contributed by atoms with van der Waals surface area (Å²) in [4.78, 5) is 0. The summed E-state index contributed by atoms with van der Waals surface area (Å²) in [6.45, 7) is 1.94. The van der Waals surface area contributed by atoms with E-state index in [1.807, 2.05) is 6.92 Å². The first-order valence-electron chi connectivity index (χ1n) is 1.93. The highest BCUT2D eigenvalue weighted by Crippen LogP contribution is 1.73. The molecule has 1 nitrogen and oxygen atoms in total. The van der Waals surface area contributed by atoms with Crippen LogP contribution in [-0.2, 0) is 0 Å². The Labute approximate surface area is 36.8 Å². The van der Waals surface area contributed by atoms with Crippen molar-refractivity contribution in [2.45, 2.75) is 13.3 Å². The quantitative estimate of drug-likeness (QED) is 0.504. The van der Waals surface area contributed by atoms with Crippen molar-refractivity contribution in [2.24, 2.45) is 0 Å². The molecule has 0 bridgehead atoms. The molecule has 0 heterocycles. The number of halogens is 1. The molecule has 0 aromatic carbocycles. The fraction of sp³-hybridized carbons (Fsp3) is 0.500. The number of hydrogen-bond acceptors (Lipinski definition) is 1. The fourth-order valence-electron chi connectivity index (χ4n) is 0.162. The topological polar surface area (TPSA) is 12.0 Å². The highest BCUT2D eigenvalue weighted by Gasteiger charge is 1.59. The molecule has 2 heteroatoms. The molecule has 0 atom stereocenters. The largest absolute Gasteiger partial charge is 0.232 e. The van der Waals surface area contributed by atoms with Gasteiger partial charge in [0.25, 0.3) is 0 Å². The monoisotopic (exact) mass is 89.1 g/mol. The molecule has 0 fully saturated rings. The van der Waals surface area contributed by atoms with Crippen LogP contribution in [0.4, 0.5) is 4.48 Å². The van der Waals surface area contributed by atoms with Gasteiger partial charge in [-0.25, -0.2) is 5.54 Å². The van der Waals surface area contributed by atoms with E-state index in [1.54, 1.807) is 6.08 Å². The lowest BCUT2D eigenvalue weighted by Crippen LogP contribution is -1.80. The zero-order valence-electron chi connectivity index (χ0n) is 3.74. The Balaban J connectivity index is 2.73. The first kappa shape index (κ1) is 5.47. The van der Waals surface area contributed by atoms with E-state index >= 15 is 0 Å². The SMILES string of the molecule is CCC=CNF. The van der Waals surface area contributed by atoms with Gasteiger partial charge in [0.1, 0.15) is 0 Å². The molecule has 36 valence electrons. The molecule has 0 radical (unpaired) electrons. The molecule has 0 aliphatic carbocycles. The normalized spacial score (nSPS) is 9.67. The summed E-state index contributed by atoms with van der Waals surface area (Å²) in [5.41, 5.74) is 1.39. The maximum Gasteiger partial charge on any atom is 0.0254 e. The summed E-state index contributed by atoms with van der Waals surface area (Å²) in [5.74, 6) is 0. The molecule has 0 amide bonds. The molecule has 0 rings (SSSR count). The van der Waals surface area contributed by atoms with Gasteiger partial charge in [-0.15, -0.1) is 4.48 Å². The number of hydrogen-bond donors (Lipinski definition) is 1. The van der Waals surface area contributed by atoms with Crippen LogP contribution in [0.25, 0.3) is 0 Å². The summed E-state index contributed by atoms with van der Waals surface area (Å²) in [6, 6.07) is 0. The molecule has 0 saturated carbocycles. The zero-order chi connectivity index (χ0) is 4.83. The molecule has 0 aromatic heterocycles. The highest BCUT2D eigenvalue weighted by atomic mass is 19.2. The Morgan fingerprint density at radius 1 is 1.83 bits per heavy atom. The molecule has 0 unspecified atom stereocenters. The van der Waals surface area contributed by atoms with E-state index in [9.17, 15) is 4.48 Å². The van der Waals surface area contributed by atoms with Crippen LogP contribution in [0.5, 0.6) is 0 Å². The maximum absolute atomic E-state index is 10.8. The van der Waals surface area contributed by atoms with E-state index in [2.05, 4.69) is 0 Å². The molecule has 0 spiro atoms. The predicted octanol–water partition coefficient (Wildman–Crippen LogP) is 1.38. The molecular weight excluding hydrogens is 81.0 g/mol. The van der Waals surface area contributed by atoms with Crippen molar-refractivity contribution in [3.63, 3.8) is 0 Å². The van der Waals surface area contributed by atoms with Gasteiger partial charge in [-0.05, 0) is 6.42 Å². The van der Waals surface area contributed by atoms with E-state index < -0.39 is 0 Å². The lowest BCUT2D eigenvalue weighted by atomic mass is 10.5. The summed E-state index contributed by atoms with van der Waals surface area (Å²) >= 11 is 0. The van der Waals surface area contributed by atoms with Crippen LogP contribution < -0.4 is 5.54 Å². The smallest absolute Gasteiger partial charge is 0.0254 e. The third-order valence-corrected chi connectivity index (χ3v) is 0.417. The Bertz CT molecular complexity index is 36.8. The standard InChI is InChI=1S/C4H8FN/c1-2-3-4-6-5/h3-4,6H,2H2,1H3. The van der Waals surface area contributed by atoms with Crippen LogP contribution in [0.1, 0.15) is 13.3 Å². The second kappa shape index (κ2) is 4.47. The second-order valence-electron chi connectivity index (χ2n) is 0.920. The summed E-state index contributed by atoms with van der Waals surface area (Å²) < 4.78 is 10.8. The van der Waals surface area contributed by atoms with Crippen molar-refractivity contribution < 1.29 is 4.48 Å². The van der Waals surface area contributed by atoms with Crippen LogP contribution in [0.15, 0.2) is 12.3 Å². The van der Waals surface area contributed by atoms with Gasteiger partial charge < -0.3 is 0 Å². The van der Waals surface area contributed by atoms with Gasteiger partial charge in [0.15, 0.2) is 0 Å². The van der Waals surface area contributed by atoms with Gasteiger partial charge in [0.2, 0.25) is 0 Å². The van der Waals surface area contributed by atoms with Crippen molar-refractivity contribution in [3.05, 3.63) is 12.3 Å². The van der Waals surface area contributed by atoms with E-state index in [1.165, 1.54) is 11.7 Å². The van der Waals surface area contributed by atoms with Crippen molar-refractivity contribution in [2.75, 3.05) is 0 Å². The second-order valence-corrected chi connectivity index (χ2v) is 0.920. The van der Waals surface area contributed by atoms with E-state index in [4.69, 9.17) is 0 Å². The first-order valence-corrected chi connectivity index (χ1v) is 1.93. The summed E-state index contributed by atoms with van der Waals surface area (Å²) in [6.07, 6.45) is 3.83. The Morgan fingerprint density at radius 3 is 2.67 bits per heavy atom. The van der Waals surface area contributed by atoms with Crippen molar-refractivity contribution in [3.8, 4) is 0 Å². The number of allylic oxidation sites excluding steroid dienone is 1. The minimum absolute atomic E-state index is 0.872. The number of rotatable bonds is 2. The summed E-state index contributed by atoms with van der Waals surface area (Å²) in [7, 11) is 0. The Morgan fingerprint density at radius 2 is 2.50 bits per heavy atom. The van der Waals surface area contributed by atoms with Crippen molar-refractivity contribution in [1.82, 2.24) is 5.54 Å². The van der Waals surface area contributed by atoms with E-state index in [0.717, 1.165) is 6.42 Å².